The summed E-state index contributed by atoms with van der Waals surface area (Å²) in [6, 6.07) is 8.14. The van der Waals surface area contributed by atoms with Crippen LogP contribution in [0.4, 0.5) is 0 Å². The average molecular weight is 250 g/mol. The second-order valence-corrected chi connectivity index (χ2v) is 5.05. The first-order valence-electron chi connectivity index (χ1n) is 6.64. The number of rotatable bonds is 7. The predicted octanol–water partition coefficient (Wildman–Crippen LogP) is 2.64. The van der Waals surface area contributed by atoms with Gasteiger partial charge in [-0.2, -0.15) is 0 Å². The fraction of sp³-hybridized carbons (Fsp3) is 0.600. The first-order valence-corrected chi connectivity index (χ1v) is 6.64. The third-order valence-corrected chi connectivity index (χ3v) is 3.63. The summed E-state index contributed by atoms with van der Waals surface area (Å²) < 4.78 is 5.37. The maximum atomic E-state index is 6.35. The molecule has 0 radical (unpaired) electrons. The number of nitrogens with zero attached hydrogens (tertiary/aromatic N) is 1. The highest BCUT2D eigenvalue weighted by Crippen LogP contribution is 2.20. The molecule has 1 rings (SSSR count). The number of likely N-dealkylation sites (N-methyl/N-ethyl adjacent to an activating group) is 1. The molecule has 0 heterocycles. The fourth-order valence-electron chi connectivity index (χ4n) is 2.19. The Morgan fingerprint density at radius 2 is 1.83 bits per heavy atom. The van der Waals surface area contributed by atoms with Crippen molar-refractivity contribution in [1.29, 1.82) is 0 Å². The van der Waals surface area contributed by atoms with Crippen molar-refractivity contribution in [2.24, 2.45) is 5.73 Å². The molecule has 0 aliphatic carbocycles. The summed E-state index contributed by atoms with van der Waals surface area (Å²) in [5.41, 5.74) is 7.47. The number of hydrogen-bond donors (Lipinski definition) is 1. The van der Waals surface area contributed by atoms with E-state index in [0.717, 1.165) is 31.7 Å². The quantitative estimate of drug-likeness (QED) is 0.808. The molecule has 0 atom stereocenters. The Hall–Kier alpha value is -1.06. The Balaban J connectivity index is 2.67. The van der Waals surface area contributed by atoms with Crippen LogP contribution in [0.5, 0.6) is 5.75 Å². The highest BCUT2D eigenvalue weighted by Gasteiger charge is 2.22. The molecule has 0 aliphatic rings. The van der Waals surface area contributed by atoms with Gasteiger partial charge in [0.25, 0.3) is 0 Å². The summed E-state index contributed by atoms with van der Waals surface area (Å²) in [7, 11) is 3.82. The monoisotopic (exact) mass is 250 g/mol. The number of methoxy groups -OCH3 is 1. The molecular formula is C15H26N2O. The van der Waals surface area contributed by atoms with Crippen LogP contribution in [0.25, 0.3) is 0 Å². The summed E-state index contributed by atoms with van der Waals surface area (Å²) >= 11 is 0. The second kappa shape index (κ2) is 6.76. The highest BCUT2D eigenvalue weighted by molar-refractivity contribution is 5.33. The molecule has 0 saturated heterocycles. The molecular weight excluding hydrogens is 224 g/mol. The number of hydrogen-bond acceptors (Lipinski definition) is 3. The first kappa shape index (κ1) is 15.0. The zero-order valence-corrected chi connectivity index (χ0v) is 12.1. The van der Waals surface area contributed by atoms with Gasteiger partial charge < -0.3 is 15.4 Å². The molecule has 0 aromatic heterocycles. The fourth-order valence-corrected chi connectivity index (χ4v) is 2.19. The zero-order chi connectivity index (χ0) is 13.6. The van der Waals surface area contributed by atoms with Gasteiger partial charge in [0.05, 0.1) is 7.11 Å². The van der Waals surface area contributed by atoms with Gasteiger partial charge in [-0.05, 0) is 26.0 Å². The standard InChI is InChI=1S/C15H26N2O/c1-5-15(16,6-2)12-17(3)11-13-9-7-8-10-14(13)18-4/h7-10H,5-6,11-12,16H2,1-4H3. The van der Waals surface area contributed by atoms with Crippen LogP contribution in [0.15, 0.2) is 24.3 Å². The van der Waals surface area contributed by atoms with Gasteiger partial charge in [-0.1, -0.05) is 32.0 Å². The maximum Gasteiger partial charge on any atom is 0.123 e. The van der Waals surface area contributed by atoms with E-state index >= 15 is 0 Å². The van der Waals surface area contributed by atoms with E-state index in [0.29, 0.717) is 0 Å². The molecule has 3 nitrogen and oxygen atoms in total. The first-order chi connectivity index (χ1) is 8.54. The van der Waals surface area contributed by atoms with E-state index in [9.17, 15) is 0 Å². The van der Waals surface area contributed by atoms with E-state index < -0.39 is 0 Å². The van der Waals surface area contributed by atoms with Crippen LogP contribution in [-0.2, 0) is 6.54 Å². The molecule has 18 heavy (non-hydrogen) atoms. The molecule has 0 bridgehead atoms. The van der Waals surface area contributed by atoms with E-state index in [2.05, 4.69) is 31.9 Å². The van der Waals surface area contributed by atoms with Crippen LogP contribution in [0.1, 0.15) is 32.3 Å². The van der Waals surface area contributed by atoms with Crippen LogP contribution in [-0.4, -0.2) is 31.1 Å². The van der Waals surface area contributed by atoms with Gasteiger partial charge in [-0.3, -0.25) is 0 Å². The largest absolute Gasteiger partial charge is 0.496 e. The van der Waals surface area contributed by atoms with Gasteiger partial charge in [0.15, 0.2) is 0 Å². The predicted molar refractivity (Wildman–Crippen MR) is 76.8 cm³/mol. The van der Waals surface area contributed by atoms with Crippen molar-refractivity contribution in [3.05, 3.63) is 29.8 Å². The van der Waals surface area contributed by atoms with Gasteiger partial charge in [-0.15, -0.1) is 0 Å². The van der Waals surface area contributed by atoms with E-state index in [1.807, 2.05) is 18.2 Å². The lowest BCUT2D eigenvalue weighted by Crippen LogP contribution is -2.48. The van der Waals surface area contributed by atoms with Crippen molar-refractivity contribution in [3.63, 3.8) is 0 Å². The lowest BCUT2D eigenvalue weighted by molar-refractivity contribution is 0.226. The van der Waals surface area contributed by atoms with Crippen molar-refractivity contribution in [1.82, 2.24) is 4.90 Å². The van der Waals surface area contributed by atoms with Gasteiger partial charge in [0.2, 0.25) is 0 Å². The Bertz CT molecular complexity index is 361. The van der Waals surface area contributed by atoms with E-state index in [-0.39, 0.29) is 5.54 Å². The van der Waals surface area contributed by atoms with Crippen molar-refractivity contribution < 1.29 is 4.74 Å². The molecule has 0 fully saturated rings. The van der Waals surface area contributed by atoms with E-state index in [1.54, 1.807) is 7.11 Å². The van der Waals surface area contributed by atoms with Gasteiger partial charge in [0.1, 0.15) is 5.75 Å². The second-order valence-electron chi connectivity index (χ2n) is 5.05. The maximum absolute atomic E-state index is 6.35. The zero-order valence-electron chi connectivity index (χ0n) is 12.1. The molecule has 1 aromatic carbocycles. The smallest absolute Gasteiger partial charge is 0.123 e. The summed E-state index contributed by atoms with van der Waals surface area (Å²) in [5.74, 6) is 0.944. The molecule has 1 aromatic rings. The Morgan fingerprint density at radius 3 is 2.39 bits per heavy atom. The summed E-state index contributed by atoms with van der Waals surface area (Å²) in [5, 5.41) is 0. The number of ether oxygens (including phenoxy) is 1. The lowest BCUT2D eigenvalue weighted by Gasteiger charge is -2.32. The third-order valence-electron chi connectivity index (χ3n) is 3.63. The highest BCUT2D eigenvalue weighted by atomic mass is 16.5. The lowest BCUT2D eigenvalue weighted by atomic mass is 9.93. The molecule has 3 heteroatoms. The third kappa shape index (κ3) is 4.00. The molecule has 0 amide bonds. The van der Waals surface area contributed by atoms with Crippen molar-refractivity contribution in [2.45, 2.75) is 38.8 Å². The SMILES string of the molecule is CCC(N)(CC)CN(C)Cc1ccccc1OC. The van der Waals surface area contributed by atoms with Crippen molar-refractivity contribution in [2.75, 3.05) is 20.7 Å². The molecule has 0 saturated carbocycles. The van der Waals surface area contributed by atoms with Crippen molar-refractivity contribution in [3.8, 4) is 5.75 Å². The van der Waals surface area contributed by atoms with Crippen LogP contribution in [0, 0.1) is 0 Å². The number of para-hydroxylation sites is 1. The molecule has 0 spiro atoms. The topological polar surface area (TPSA) is 38.5 Å². The Kier molecular flexibility index (Phi) is 5.63. The molecule has 2 N–H and O–H groups in total. The van der Waals surface area contributed by atoms with Crippen LogP contribution >= 0.6 is 0 Å². The summed E-state index contributed by atoms with van der Waals surface area (Å²) in [6.45, 7) is 6.07. The molecule has 0 aliphatic heterocycles. The molecule has 102 valence electrons. The van der Waals surface area contributed by atoms with Gasteiger partial charge in [0, 0.05) is 24.2 Å². The number of benzene rings is 1. The summed E-state index contributed by atoms with van der Waals surface area (Å²) in [6.07, 6.45) is 2.00. The van der Waals surface area contributed by atoms with Crippen LogP contribution < -0.4 is 10.5 Å². The Labute approximate surface area is 111 Å². The Morgan fingerprint density at radius 1 is 1.22 bits per heavy atom. The number of nitrogens with two attached hydrogens (primary N) is 1. The van der Waals surface area contributed by atoms with E-state index in [4.69, 9.17) is 10.5 Å². The van der Waals surface area contributed by atoms with E-state index in [1.165, 1.54) is 5.56 Å². The minimum absolute atomic E-state index is 0.0865. The van der Waals surface area contributed by atoms with Crippen LogP contribution in [0.2, 0.25) is 0 Å². The van der Waals surface area contributed by atoms with Gasteiger partial charge in [-0.25, -0.2) is 0 Å². The van der Waals surface area contributed by atoms with Crippen LogP contribution in [0.3, 0.4) is 0 Å². The molecule has 0 unspecified atom stereocenters. The summed E-state index contributed by atoms with van der Waals surface area (Å²) in [4.78, 5) is 2.27. The minimum atomic E-state index is -0.0865. The van der Waals surface area contributed by atoms with Gasteiger partial charge >= 0.3 is 0 Å². The van der Waals surface area contributed by atoms with Crippen molar-refractivity contribution >= 4 is 0 Å². The minimum Gasteiger partial charge on any atom is -0.496 e. The normalized spacial score (nSPS) is 11.9. The average Bonchev–Trinajstić information content (AvgIpc) is 2.39.